The number of amides is 3. The monoisotopic (exact) mass is 716 g/mol. The highest BCUT2D eigenvalue weighted by Gasteiger charge is 2.62. The average molecular weight is 717 g/mol. The molecule has 5 atom stereocenters. The maximum absolute atomic E-state index is 14.5. The maximum atomic E-state index is 14.5. The Bertz CT molecular complexity index is 1710. The number of nitrogens with one attached hydrogen (secondary N) is 2. The molecule has 2 N–H and O–H groups in total. The van der Waals surface area contributed by atoms with Crippen molar-refractivity contribution in [3.8, 4) is 11.6 Å². The van der Waals surface area contributed by atoms with Gasteiger partial charge in [0.2, 0.25) is 17.7 Å². The lowest BCUT2D eigenvalue weighted by atomic mass is 9.91. The Labute approximate surface area is 306 Å². The molecule has 0 bridgehead atoms. The Morgan fingerprint density at radius 2 is 1.98 bits per heavy atom. The van der Waals surface area contributed by atoms with Gasteiger partial charge in [0.05, 0.1) is 26.9 Å². The second-order valence-electron chi connectivity index (χ2n) is 14.6. The van der Waals surface area contributed by atoms with Crippen LogP contribution in [0.4, 0.5) is 4.79 Å². The van der Waals surface area contributed by atoms with Crippen molar-refractivity contribution in [2.45, 2.75) is 95.9 Å². The lowest BCUT2D eigenvalue weighted by Gasteiger charge is -2.30. The largest absolute Gasteiger partial charge is 0.496 e. The lowest BCUT2D eigenvalue weighted by Crippen LogP contribution is -2.56. The predicted octanol–water partition coefficient (Wildman–Crippen LogP) is 5.89. The molecule has 2 aromatic rings. The Morgan fingerprint density at radius 3 is 2.71 bits per heavy atom. The Balaban J connectivity index is 1.45. The number of methoxy groups -OCH3 is 1. The summed E-state index contributed by atoms with van der Waals surface area (Å²) < 4.78 is 23.0. The molecule has 1 saturated carbocycles. The number of nitrogens with zero attached hydrogens (tertiary/aromatic N) is 2. The van der Waals surface area contributed by atoms with Crippen LogP contribution in [0.15, 0.2) is 55.8 Å². The van der Waals surface area contributed by atoms with Gasteiger partial charge in [-0.25, -0.2) is 14.6 Å². The first kappa shape index (κ1) is 38.4. The number of esters is 1. The second kappa shape index (κ2) is 16.6. The molecule has 1 aromatic carbocycles. The molecule has 0 spiro atoms. The molecule has 3 aliphatic rings. The summed E-state index contributed by atoms with van der Waals surface area (Å²) in [6.45, 7) is 13.7. The number of hydrogen-bond acceptors (Lipinski definition) is 9. The smallest absolute Gasteiger partial charge is 0.407 e. The lowest BCUT2D eigenvalue weighted by molar-refractivity contribution is -0.150. The highest BCUT2D eigenvalue weighted by atomic mass is 16.6. The van der Waals surface area contributed by atoms with Crippen LogP contribution in [-0.4, -0.2) is 84.4 Å². The summed E-state index contributed by atoms with van der Waals surface area (Å²) in [5.41, 5.74) is -0.786. The number of hydrogen-bond donors (Lipinski definition) is 2. The molecule has 3 heterocycles. The molecule has 3 amide bonds. The molecular weight excluding hydrogens is 664 g/mol. The fraction of sp³-hybridized carbons (Fsp3) is 0.525. The Morgan fingerprint density at radius 1 is 1.17 bits per heavy atom. The number of carbonyl (C=O) groups excluding carboxylic acids is 4. The van der Waals surface area contributed by atoms with E-state index in [1.807, 2.05) is 44.2 Å². The maximum Gasteiger partial charge on any atom is 0.407 e. The molecule has 0 unspecified atom stereocenters. The first-order valence-electron chi connectivity index (χ1n) is 18.2. The van der Waals surface area contributed by atoms with E-state index in [9.17, 15) is 19.2 Å². The minimum absolute atomic E-state index is 0.0504. The summed E-state index contributed by atoms with van der Waals surface area (Å²) in [5.74, 6) is -0.651. The quantitative estimate of drug-likeness (QED) is 0.215. The van der Waals surface area contributed by atoms with E-state index in [0.29, 0.717) is 42.7 Å². The molecule has 12 nitrogen and oxygen atoms in total. The molecule has 5 rings (SSSR count). The first-order valence-corrected chi connectivity index (χ1v) is 18.2. The Kier molecular flexibility index (Phi) is 12.3. The summed E-state index contributed by atoms with van der Waals surface area (Å²) >= 11 is 0. The van der Waals surface area contributed by atoms with Crippen LogP contribution < -0.4 is 20.1 Å². The molecule has 1 aromatic heterocycles. The molecule has 2 aliphatic heterocycles. The minimum Gasteiger partial charge on any atom is -0.496 e. The van der Waals surface area contributed by atoms with Gasteiger partial charge in [-0.1, -0.05) is 57.6 Å². The zero-order chi connectivity index (χ0) is 37.5. The van der Waals surface area contributed by atoms with Crippen molar-refractivity contribution in [3.05, 3.63) is 61.3 Å². The molecule has 12 heteroatoms. The van der Waals surface area contributed by atoms with Gasteiger partial charge in [0.15, 0.2) is 0 Å². The van der Waals surface area contributed by atoms with Gasteiger partial charge in [0.1, 0.15) is 29.5 Å². The van der Waals surface area contributed by atoms with E-state index in [2.05, 4.69) is 28.8 Å². The third-order valence-electron chi connectivity index (χ3n) is 10.0. The van der Waals surface area contributed by atoms with Crippen LogP contribution in [0.5, 0.6) is 11.6 Å². The predicted molar refractivity (Wildman–Crippen MR) is 198 cm³/mol. The molecule has 280 valence electrons. The van der Waals surface area contributed by atoms with Crippen LogP contribution in [0.2, 0.25) is 0 Å². The van der Waals surface area contributed by atoms with Crippen LogP contribution in [-0.2, 0) is 23.9 Å². The SMILES string of the molecule is C=CCC(C)(C)COC(=O)N[C@H]1CCCCC/C=C\[C@@H]2C[C@@]2(C(=O)OCC)NC(=O)[C@@H]2C[C@@H](Oc3nccc4cc(OC)c(C=C)cc34)CN2C1=O. The van der Waals surface area contributed by atoms with Gasteiger partial charge in [-0.05, 0) is 62.6 Å². The zero-order valence-electron chi connectivity index (χ0n) is 30.8. The standard InChI is InChI=1S/C40H52N4O8/c1-7-18-39(4,5)25-51-38(48)42-31-16-14-12-10-11-13-15-28-23-40(28,37(47)50-9-3)43-34(45)32-22-29(24-44(32)36(31)46)52-35-30-20-26(8-2)33(49-6)21-27(30)17-19-41-35/h7-8,13,15,17,19-21,28-29,31-32H,1-2,9-12,14,16,18,22-25H2,3-6H3,(H,42,48)(H,43,45)/b15-13-/t28-,29-,31+,32+,40-/m1/s1. The van der Waals surface area contributed by atoms with Crippen LogP contribution in [0.25, 0.3) is 16.8 Å². The van der Waals surface area contributed by atoms with Crippen LogP contribution in [0.1, 0.15) is 77.7 Å². The molecular formula is C40H52N4O8. The van der Waals surface area contributed by atoms with E-state index >= 15 is 0 Å². The topological polar surface area (TPSA) is 145 Å². The van der Waals surface area contributed by atoms with E-state index < -0.39 is 47.6 Å². The van der Waals surface area contributed by atoms with Gasteiger partial charge in [0.25, 0.3) is 0 Å². The highest BCUT2D eigenvalue weighted by Crippen LogP contribution is 2.46. The van der Waals surface area contributed by atoms with Gasteiger partial charge in [-0.3, -0.25) is 9.59 Å². The molecule has 1 aliphatic carbocycles. The number of alkyl carbamates (subject to hydrolysis) is 1. The first-order chi connectivity index (χ1) is 24.9. The third-order valence-corrected chi connectivity index (χ3v) is 10.0. The van der Waals surface area contributed by atoms with E-state index in [-0.39, 0.29) is 37.5 Å². The molecule has 52 heavy (non-hydrogen) atoms. The normalized spacial score (nSPS) is 25.7. The number of allylic oxidation sites excluding steroid dienone is 2. The van der Waals surface area contributed by atoms with Crippen LogP contribution >= 0.6 is 0 Å². The van der Waals surface area contributed by atoms with Crippen LogP contribution in [0.3, 0.4) is 0 Å². The third kappa shape index (κ3) is 8.77. The summed E-state index contributed by atoms with van der Waals surface area (Å²) in [5, 5.41) is 7.33. The highest BCUT2D eigenvalue weighted by molar-refractivity contribution is 5.97. The van der Waals surface area contributed by atoms with Gasteiger partial charge in [-0.2, -0.15) is 0 Å². The Hall–Kier alpha value is -4.87. The van der Waals surface area contributed by atoms with E-state index in [1.165, 1.54) is 4.90 Å². The van der Waals surface area contributed by atoms with Crippen molar-refractivity contribution in [1.29, 1.82) is 0 Å². The van der Waals surface area contributed by atoms with Crippen molar-refractivity contribution < 1.29 is 38.1 Å². The van der Waals surface area contributed by atoms with Gasteiger partial charge >= 0.3 is 12.1 Å². The minimum atomic E-state index is -1.21. The van der Waals surface area contributed by atoms with E-state index in [0.717, 1.165) is 30.2 Å². The fourth-order valence-electron chi connectivity index (χ4n) is 7.07. The van der Waals surface area contributed by atoms with E-state index in [1.54, 1.807) is 32.4 Å². The number of carbonyl (C=O) groups is 4. The van der Waals surface area contributed by atoms with Crippen molar-refractivity contribution in [1.82, 2.24) is 20.5 Å². The summed E-state index contributed by atoms with van der Waals surface area (Å²) in [6, 6.07) is 3.65. The summed E-state index contributed by atoms with van der Waals surface area (Å²) in [6.07, 6.45) is 12.4. The van der Waals surface area contributed by atoms with Gasteiger partial charge in [-0.15, -0.1) is 6.58 Å². The average Bonchev–Trinajstić information content (AvgIpc) is 3.65. The van der Waals surface area contributed by atoms with E-state index in [4.69, 9.17) is 18.9 Å². The van der Waals surface area contributed by atoms with Crippen LogP contribution in [0, 0.1) is 11.3 Å². The number of ether oxygens (including phenoxy) is 4. The molecule has 2 fully saturated rings. The van der Waals surface area contributed by atoms with Crippen molar-refractivity contribution in [3.63, 3.8) is 0 Å². The fourth-order valence-corrected chi connectivity index (χ4v) is 7.07. The second-order valence-corrected chi connectivity index (χ2v) is 14.6. The van der Waals surface area contributed by atoms with Crippen molar-refractivity contribution >= 4 is 40.7 Å². The number of fused-ring (bicyclic) bond motifs is 3. The summed E-state index contributed by atoms with van der Waals surface area (Å²) in [7, 11) is 1.59. The zero-order valence-corrected chi connectivity index (χ0v) is 30.8. The number of aromatic nitrogens is 1. The molecule has 1 saturated heterocycles. The van der Waals surface area contributed by atoms with Gasteiger partial charge < -0.3 is 34.5 Å². The van der Waals surface area contributed by atoms with Gasteiger partial charge in [0, 0.05) is 34.9 Å². The number of rotatable bonds is 11. The number of benzene rings is 1. The number of pyridine rings is 1. The van der Waals surface area contributed by atoms with Crippen molar-refractivity contribution in [2.24, 2.45) is 11.3 Å². The van der Waals surface area contributed by atoms with Crippen molar-refractivity contribution in [2.75, 3.05) is 26.9 Å². The summed E-state index contributed by atoms with van der Waals surface area (Å²) in [4.78, 5) is 61.1. The molecule has 0 radical (unpaired) electrons.